The first-order valence-corrected chi connectivity index (χ1v) is 28.3. The number of piperazine rings is 1. The van der Waals surface area contributed by atoms with Gasteiger partial charge < -0.3 is 25.0 Å². The smallest absolute Gasteiger partial charge is 0.257 e. The molecule has 2 amide bonds. The predicted octanol–water partition coefficient (Wildman–Crippen LogP) is 10.0. The van der Waals surface area contributed by atoms with Crippen molar-refractivity contribution in [3.63, 3.8) is 0 Å². The zero-order valence-electron chi connectivity index (χ0n) is 48.1. The number of Topliss-reactive ketones (excluding diaryl/α,β-unsaturated/α-hetero) is 1. The lowest BCUT2D eigenvalue weighted by molar-refractivity contribution is -0.131. The largest absolute Gasteiger partial charge is 0.508 e. The second kappa shape index (κ2) is 25.9. The summed E-state index contributed by atoms with van der Waals surface area (Å²) in [5, 5.41) is 42.5. The van der Waals surface area contributed by atoms with Gasteiger partial charge in [-0.15, -0.1) is 0 Å². The number of likely N-dealkylation sites (N-methyl/N-ethyl adjacent to an activating group) is 1. The van der Waals surface area contributed by atoms with Crippen LogP contribution in [-0.2, 0) is 27.5 Å². The number of phenolic OH excluding ortho intramolecular Hbond substituents is 2. The number of rotatable bonds is 20. The molecule has 1 atom stereocenters. The highest BCUT2D eigenvalue weighted by Gasteiger charge is 2.35. The standard InChI is InChI=1S/C61H77F2N13O5/c1-10-12-51(77)58(65)75(57(64)46-30-45(37(5)6)52(78)31-53(46)79)44-16-13-40(14-17-44)34-72-21-19-42(20-22-72)59(80)69-49(27-36(3)4)60(81)76(54-18-15-41(32-66-54)35-73-25-23-71(11-2)24-26-73)61-67-33-48(63)55(70-61)43-28-47(62)56-50(29-43)74(38(7)8)39(9)68-56/h13-18,28-33,36-38,42,49,64-65,78-79H,10-12,19-27,34-35H2,1-9H3,(H,69,80)/t49-/m1/s1. The van der Waals surface area contributed by atoms with E-state index in [-0.39, 0.29) is 88.1 Å². The topological polar surface area (TPSA) is 224 Å². The Morgan fingerprint density at radius 1 is 0.778 bits per heavy atom. The van der Waals surface area contributed by atoms with Crippen molar-refractivity contribution in [1.82, 2.24) is 44.5 Å². The summed E-state index contributed by atoms with van der Waals surface area (Å²) < 4.78 is 33.8. The molecule has 8 rings (SSSR count). The molecule has 3 aromatic carbocycles. The minimum atomic E-state index is -1.06. The van der Waals surface area contributed by atoms with Crippen molar-refractivity contribution in [2.24, 2.45) is 11.8 Å². The SMILES string of the molecule is CCCC(=O)C(=N)N(C(=N)c1cc(C(C)C)c(O)cc1O)c1ccc(CN2CCC(C(=O)N[C@H](CC(C)C)C(=O)N(c3ccc(CN4CCN(CC)CC4)cn3)c3ncc(F)c(-c4cc(F)c5nc(C)n(C(C)C)c5c4)n3)CC2)cc1. The third-order valence-corrected chi connectivity index (χ3v) is 15.3. The lowest BCUT2D eigenvalue weighted by Gasteiger charge is -2.34. The number of phenols is 2. The van der Waals surface area contributed by atoms with Gasteiger partial charge in [-0.2, -0.15) is 0 Å². The molecule has 2 fully saturated rings. The van der Waals surface area contributed by atoms with E-state index < -0.39 is 41.1 Å². The number of aromatic nitrogens is 5. The molecule has 2 aliphatic heterocycles. The number of halogens is 2. The minimum Gasteiger partial charge on any atom is -0.508 e. The number of hydrogen-bond donors (Lipinski definition) is 5. The molecule has 0 bridgehead atoms. The van der Waals surface area contributed by atoms with Crippen LogP contribution < -0.4 is 15.1 Å². The molecule has 2 aliphatic rings. The van der Waals surface area contributed by atoms with E-state index in [0.717, 1.165) is 50.0 Å². The number of fused-ring (bicyclic) bond motifs is 1. The Labute approximate surface area is 473 Å². The van der Waals surface area contributed by atoms with E-state index in [9.17, 15) is 25.2 Å². The van der Waals surface area contributed by atoms with Crippen LogP contribution in [0.25, 0.3) is 22.3 Å². The summed E-state index contributed by atoms with van der Waals surface area (Å²) in [7, 11) is 0. The van der Waals surface area contributed by atoms with Crippen molar-refractivity contribution in [2.45, 2.75) is 126 Å². The van der Waals surface area contributed by atoms with Gasteiger partial charge in [0, 0.05) is 81.2 Å². The van der Waals surface area contributed by atoms with Gasteiger partial charge in [0.2, 0.25) is 11.9 Å². The number of hydrogen-bond acceptors (Lipinski definition) is 14. The summed E-state index contributed by atoms with van der Waals surface area (Å²) in [6, 6.07) is 15.2. The first kappa shape index (κ1) is 59.6. The quantitative estimate of drug-likeness (QED) is 0.0355. The molecular weight excluding hydrogens is 1030 g/mol. The van der Waals surface area contributed by atoms with E-state index >= 15 is 13.6 Å². The Bertz CT molecular complexity index is 3260. The zero-order chi connectivity index (χ0) is 58.4. The van der Waals surface area contributed by atoms with Crippen molar-refractivity contribution in [3.8, 4) is 22.8 Å². The summed E-state index contributed by atoms with van der Waals surface area (Å²) >= 11 is 0. The highest BCUT2D eigenvalue weighted by atomic mass is 19.1. The molecule has 0 saturated carbocycles. The van der Waals surface area contributed by atoms with Crippen LogP contribution in [0.5, 0.6) is 11.5 Å². The average molecular weight is 1110 g/mol. The molecule has 430 valence electrons. The lowest BCUT2D eigenvalue weighted by Crippen LogP contribution is -2.51. The van der Waals surface area contributed by atoms with Gasteiger partial charge >= 0.3 is 0 Å². The first-order valence-electron chi connectivity index (χ1n) is 28.3. The number of benzene rings is 3. The Hall–Kier alpha value is -7.55. The number of aromatic hydroxyl groups is 2. The normalized spacial score (nSPS) is 15.2. The summed E-state index contributed by atoms with van der Waals surface area (Å²) in [5.74, 6) is -3.99. The number of nitrogens with zero attached hydrogens (tertiary/aromatic N) is 10. The molecule has 18 nitrogen and oxygen atoms in total. The van der Waals surface area contributed by atoms with Gasteiger partial charge in [0.1, 0.15) is 46.2 Å². The van der Waals surface area contributed by atoms with Crippen molar-refractivity contribution >= 4 is 57.8 Å². The van der Waals surface area contributed by atoms with E-state index in [1.165, 1.54) is 28.0 Å². The van der Waals surface area contributed by atoms with E-state index in [2.05, 4.69) is 41.9 Å². The summed E-state index contributed by atoms with van der Waals surface area (Å²) in [6.45, 7) is 24.4. The highest BCUT2D eigenvalue weighted by molar-refractivity contribution is 6.48. The van der Waals surface area contributed by atoms with E-state index in [1.54, 1.807) is 37.4 Å². The summed E-state index contributed by atoms with van der Waals surface area (Å²) in [4.78, 5) is 70.4. The second-order valence-electron chi connectivity index (χ2n) is 22.4. The van der Waals surface area contributed by atoms with Gasteiger partial charge in [-0.3, -0.25) is 39.9 Å². The fourth-order valence-corrected chi connectivity index (χ4v) is 10.9. The predicted molar refractivity (Wildman–Crippen MR) is 311 cm³/mol. The van der Waals surface area contributed by atoms with Crippen molar-refractivity contribution < 1.29 is 33.4 Å². The van der Waals surface area contributed by atoms with Crippen LogP contribution in [0.2, 0.25) is 0 Å². The molecule has 0 spiro atoms. The molecule has 20 heteroatoms. The number of amides is 2. The Kier molecular flexibility index (Phi) is 19.1. The van der Waals surface area contributed by atoms with Crippen LogP contribution in [-0.4, -0.2) is 131 Å². The monoisotopic (exact) mass is 1110 g/mol. The maximum atomic E-state index is 16.0. The highest BCUT2D eigenvalue weighted by Crippen LogP contribution is 2.36. The number of piperidine rings is 1. The zero-order valence-corrected chi connectivity index (χ0v) is 48.1. The number of imidazole rings is 1. The van der Waals surface area contributed by atoms with Gasteiger partial charge in [-0.1, -0.05) is 59.7 Å². The third-order valence-electron chi connectivity index (χ3n) is 15.3. The number of carbonyl (C=O) groups is 3. The first-order chi connectivity index (χ1) is 38.6. The Balaban J connectivity index is 1.01. The average Bonchev–Trinajstić information content (AvgIpc) is 4.08. The maximum Gasteiger partial charge on any atom is 0.257 e. The summed E-state index contributed by atoms with van der Waals surface area (Å²) in [5.41, 5.74) is 3.33. The van der Waals surface area contributed by atoms with Crippen LogP contribution in [0.4, 0.5) is 26.2 Å². The van der Waals surface area contributed by atoms with Gasteiger partial charge in [0.25, 0.3) is 5.91 Å². The lowest BCUT2D eigenvalue weighted by atomic mass is 9.94. The number of ketones is 1. The number of nitrogens with one attached hydrogen (secondary N) is 3. The molecule has 81 heavy (non-hydrogen) atoms. The van der Waals surface area contributed by atoms with Crippen LogP contribution in [0.1, 0.15) is 128 Å². The van der Waals surface area contributed by atoms with E-state index in [4.69, 9.17) is 10.4 Å². The number of anilines is 3. The van der Waals surface area contributed by atoms with Crippen LogP contribution >= 0.6 is 0 Å². The summed E-state index contributed by atoms with van der Waals surface area (Å²) in [6.07, 6.45) is 4.54. The molecule has 0 radical (unpaired) electrons. The van der Waals surface area contributed by atoms with Crippen molar-refractivity contribution in [1.29, 1.82) is 10.8 Å². The van der Waals surface area contributed by atoms with Gasteiger partial charge in [0.15, 0.2) is 23.3 Å². The van der Waals surface area contributed by atoms with E-state index in [1.807, 2.05) is 71.2 Å². The van der Waals surface area contributed by atoms with Crippen LogP contribution in [0, 0.1) is 41.2 Å². The van der Waals surface area contributed by atoms with Crippen LogP contribution in [0.3, 0.4) is 0 Å². The number of aryl methyl sites for hydroxylation is 1. The number of carbonyl (C=O) groups excluding carboxylic acids is 3. The van der Waals surface area contributed by atoms with Gasteiger partial charge in [-0.05, 0) is 131 Å². The third kappa shape index (κ3) is 13.6. The molecule has 3 aromatic heterocycles. The number of amidine groups is 2. The van der Waals surface area contributed by atoms with E-state index in [0.29, 0.717) is 68.0 Å². The minimum absolute atomic E-state index is 0.0516. The van der Waals surface area contributed by atoms with Gasteiger partial charge in [0.05, 0.1) is 17.3 Å². The molecule has 0 aliphatic carbocycles. The van der Waals surface area contributed by atoms with Crippen molar-refractivity contribution in [3.05, 3.63) is 113 Å². The number of pyridine rings is 1. The molecule has 6 aromatic rings. The fraction of sp³-hybridized carbons (Fsp3) is 0.459. The second-order valence-corrected chi connectivity index (χ2v) is 22.4. The Morgan fingerprint density at radius 3 is 2.05 bits per heavy atom. The molecule has 5 N–H and O–H groups in total. The van der Waals surface area contributed by atoms with Crippen LogP contribution in [0.15, 0.2) is 73.1 Å². The molecule has 5 heterocycles. The van der Waals surface area contributed by atoms with Crippen molar-refractivity contribution in [2.75, 3.05) is 55.6 Å². The fourth-order valence-electron chi connectivity index (χ4n) is 10.9. The molecule has 2 saturated heterocycles. The molecular formula is C61H77F2N13O5. The maximum absolute atomic E-state index is 16.0. The number of likely N-dealkylation sites (tertiary alicyclic amines) is 1. The molecule has 0 unspecified atom stereocenters. The van der Waals surface area contributed by atoms with Gasteiger partial charge in [-0.25, -0.2) is 33.6 Å². The Morgan fingerprint density at radius 2 is 1.43 bits per heavy atom.